The molecule has 0 saturated carbocycles. The summed E-state index contributed by atoms with van der Waals surface area (Å²) in [5.41, 5.74) is 14.2. The molecule has 10 aromatic carbocycles. The van der Waals surface area contributed by atoms with Crippen molar-refractivity contribution in [1.29, 1.82) is 0 Å². The maximum absolute atomic E-state index is 5.33. The number of nitrogens with zero attached hydrogens (tertiary/aromatic N) is 5. The van der Waals surface area contributed by atoms with Crippen molar-refractivity contribution in [1.82, 2.24) is 23.3 Å². The second-order valence-electron chi connectivity index (χ2n) is 16.4. The molecule has 300 valence electrons. The van der Waals surface area contributed by atoms with Gasteiger partial charge in [-0.25, -0.2) is 0 Å². The molecule has 0 atom stereocenters. The number of rotatable bonds is 4. The second-order valence-corrected chi connectivity index (χ2v) is 16.4. The Morgan fingerprint density at radius 1 is 0.219 bits per heavy atom. The topological polar surface area (TPSA) is 32.6 Å². The van der Waals surface area contributed by atoms with E-state index in [0.29, 0.717) is 0 Å². The molecule has 0 amide bonds. The molecule has 0 aliphatic rings. The van der Waals surface area contributed by atoms with Crippen LogP contribution in [0.3, 0.4) is 0 Å². The third-order valence-electron chi connectivity index (χ3n) is 12.8. The summed E-state index contributed by atoms with van der Waals surface area (Å²) in [7, 11) is 0. The highest BCUT2D eigenvalue weighted by Crippen LogP contribution is 2.41. The predicted octanol–water partition coefficient (Wildman–Crippen LogP) is 15.2. The fourth-order valence-electron chi connectivity index (χ4n) is 10.1. The predicted molar refractivity (Wildman–Crippen MR) is 268 cm³/mol. The molecule has 13 aromatic rings. The molecule has 0 aliphatic heterocycles. The maximum Gasteiger partial charge on any atom is 0.0787 e. The molecule has 0 fully saturated rings. The molecule has 0 unspecified atom stereocenters. The lowest BCUT2D eigenvalue weighted by Crippen LogP contribution is -2.08. The van der Waals surface area contributed by atoms with E-state index in [1.54, 1.807) is 0 Å². The van der Waals surface area contributed by atoms with Crippen LogP contribution in [0, 0.1) is 0 Å². The molecule has 5 heteroatoms. The second kappa shape index (κ2) is 14.5. The Morgan fingerprint density at radius 3 is 0.875 bits per heavy atom. The van der Waals surface area contributed by atoms with Gasteiger partial charge in [0.25, 0.3) is 0 Å². The Kier molecular flexibility index (Phi) is 8.15. The van der Waals surface area contributed by atoms with E-state index in [4.69, 9.17) is 4.98 Å². The van der Waals surface area contributed by atoms with Gasteiger partial charge >= 0.3 is 0 Å². The highest BCUT2D eigenvalue weighted by molar-refractivity contribution is 6.28. The first-order valence-corrected chi connectivity index (χ1v) is 21.8. The van der Waals surface area contributed by atoms with Crippen molar-refractivity contribution in [2.75, 3.05) is 0 Å². The van der Waals surface area contributed by atoms with Gasteiger partial charge in [-0.3, -0.25) is 4.98 Å². The van der Waals surface area contributed by atoms with Gasteiger partial charge in [0, 0.05) is 39.7 Å². The summed E-state index contributed by atoms with van der Waals surface area (Å²) in [5, 5.41) is 7.88. The molecular weight excluding hydrogens is 779 g/mol. The van der Waals surface area contributed by atoms with Crippen LogP contribution >= 0.6 is 0 Å². The molecule has 0 aliphatic carbocycles. The van der Waals surface area contributed by atoms with Crippen molar-refractivity contribution in [3.05, 3.63) is 237 Å². The third-order valence-corrected chi connectivity index (χ3v) is 12.8. The Hall–Kier alpha value is -8.67. The molecule has 64 heavy (non-hydrogen) atoms. The lowest BCUT2D eigenvalue weighted by Gasteiger charge is -2.23. The van der Waals surface area contributed by atoms with Crippen LogP contribution in [0.15, 0.2) is 237 Å². The van der Waals surface area contributed by atoms with E-state index in [-0.39, 0.29) is 0 Å². The van der Waals surface area contributed by atoms with Crippen LogP contribution in [0.5, 0.6) is 0 Å². The number of hydrogen-bond acceptors (Lipinski definition) is 1. The summed E-state index contributed by atoms with van der Waals surface area (Å²) in [4.78, 5) is 5.33. The fraction of sp³-hybridized carbons (Fsp3) is 0. The van der Waals surface area contributed by atoms with Gasteiger partial charge in [-0.2, -0.15) is 0 Å². The van der Waals surface area contributed by atoms with E-state index in [9.17, 15) is 0 Å². The first-order valence-electron chi connectivity index (χ1n) is 21.8. The van der Waals surface area contributed by atoms with Crippen LogP contribution in [0.25, 0.3) is 110 Å². The molecule has 0 spiro atoms. The summed E-state index contributed by atoms with van der Waals surface area (Å²) in [6.07, 6.45) is 1.94. The van der Waals surface area contributed by atoms with Gasteiger partial charge in [-0.1, -0.05) is 127 Å². The van der Waals surface area contributed by atoms with Crippen molar-refractivity contribution in [2.24, 2.45) is 0 Å². The van der Waals surface area contributed by atoms with E-state index < -0.39 is 0 Å². The van der Waals surface area contributed by atoms with E-state index in [1.165, 1.54) is 0 Å². The third kappa shape index (κ3) is 5.47. The van der Waals surface area contributed by atoms with Crippen LogP contribution in [-0.2, 0) is 0 Å². The average Bonchev–Trinajstić information content (AvgIpc) is 3.37. The zero-order valence-corrected chi connectivity index (χ0v) is 34.8. The minimum atomic E-state index is 0.941. The molecular formula is C59H39N5. The van der Waals surface area contributed by atoms with Gasteiger partial charge in [-0.15, -0.1) is 0 Å². The lowest BCUT2D eigenvalue weighted by molar-refractivity contribution is 1.09. The summed E-state index contributed by atoms with van der Waals surface area (Å²) < 4.78 is 9.68. The summed E-state index contributed by atoms with van der Waals surface area (Å²) in [6.45, 7) is 0. The molecule has 0 bridgehead atoms. The normalized spacial score (nSPS) is 11.8. The van der Waals surface area contributed by atoms with Gasteiger partial charge in [0.05, 0.1) is 49.7 Å². The SMILES string of the molecule is c1ccc(-n2c3ccccc3n(-c3ccccc3)c3cc4c(cc32)c2ccccc2c2cc3c(cc2c2ncccc42)n(-c2ccccc2)c2ccccc2n3-c2ccccc2)cc1. The van der Waals surface area contributed by atoms with E-state index in [0.717, 1.165) is 110 Å². The van der Waals surface area contributed by atoms with Crippen LogP contribution in [0.4, 0.5) is 0 Å². The number of fused-ring (bicyclic) bond motifs is 12. The van der Waals surface area contributed by atoms with Crippen molar-refractivity contribution in [2.45, 2.75) is 0 Å². The van der Waals surface area contributed by atoms with Crippen LogP contribution in [0.1, 0.15) is 0 Å². The summed E-state index contributed by atoms with van der Waals surface area (Å²) >= 11 is 0. The molecule has 0 radical (unpaired) electrons. The highest BCUT2D eigenvalue weighted by atomic mass is 15.1. The maximum atomic E-state index is 5.33. The number of hydrogen-bond donors (Lipinski definition) is 0. The Morgan fingerprint density at radius 2 is 0.500 bits per heavy atom. The first kappa shape index (κ1) is 36.0. The number of pyridine rings is 1. The van der Waals surface area contributed by atoms with Gasteiger partial charge < -0.3 is 18.3 Å². The number of benzene rings is 9. The smallest absolute Gasteiger partial charge is 0.0787 e. The Bertz CT molecular complexity index is 3510. The number of aromatic nitrogens is 5. The highest BCUT2D eigenvalue weighted by Gasteiger charge is 2.20. The molecule has 13 rings (SSSR count). The standard InChI is InChI=1S/C59H39N5/c1-5-20-40(21-6-1)61-51-31-15-16-32-52(51)63(42-24-9-3-10-25-42)57-38-49-46-30-19-35-60-59(46)50-39-58-56(37-48(50)45-29-14-13-28-44(45)47(49)36-55(57)61)62(41-22-7-2-8-23-41)53-33-17-18-34-54(53)64(58)43-26-11-4-12-27-43/h1-39H. The van der Waals surface area contributed by atoms with Crippen molar-refractivity contribution >= 4 is 87.4 Å². The lowest BCUT2D eigenvalue weighted by atomic mass is 9.95. The van der Waals surface area contributed by atoms with Crippen molar-refractivity contribution in [3.63, 3.8) is 0 Å². The van der Waals surface area contributed by atoms with Crippen LogP contribution < -0.4 is 0 Å². The molecule has 3 heterocycles. The average molecular weight is 818 g/mol. The van der Waals surface area contributed by atoms with Gasteiger partial charge in [0.15, 0.2) is 0 Å². The largest absolute Gasteiger partial charge is 0.306 e. The number of para-hydroxylation sites is 8. The molecule has 0 N–H and O–H groups in total. The van der Waals surface area contributed by atoms with Gasteiger partial charge in [0.2, 0.25) is 0 Å². The zero-order chi connectivity index (χ0) is 42.1. The first-order chi connectivity index (χ1) is 31.8. The molecule has 3 aromatic heterocycles. The van der Waals surface area contributed by atoms with Crippen LogP contribution in [0.2, 0.25) is 0 Å². The Labute approximate surface area is 368 Å². The van der Waals surface area contributed by atoms with Crippen molar-refractivity contribution < 1.29 is 0 Å². The summed E-state index contributed by atoms with van der Waals surface area (Å²) in [6, 6.07) is 83.3. The van der Waals surface area contributed by atoms with Crippen LogP contribution in [-0.4, -0.2) is 23.3 Å². The summed E-state index contributed by atoms with van der Waals surface area (Å²) in [5.74, 6) is 0. The fourth-order valence-corrected chi connectivity index (χ4v) is 10.1. The molecule has 0 saturated heterocycles. The minimum Gasteiger partial charge on any atom is -0.306 e. The minimum absolute atomic E-state index is 0.941. The van der Waals surface area contributed by atoms with Gasteiger partial charge in [0.1, 0.15) is 0 Å². The quantitative estimate of drug-likeness (QED) is 0.163. The van der Waals surface area contributed by atoms with Gasteiger partial charge in [-0.05, 0) is 130 Å². The molecule has 5 nitrogen and oxygen atoms in total. The monoisotopic (exact) mass is 817 g/mol. The zero-order valence-electron chi connectivity index (χ0n) is 34.8. The van der Waals surface area contributed by atoms with E-state index in [1.807, 2.05) is 6.20 Å². The Balaban J connectivity index is 1.30. The van der Waals surface area contributed by atoms with E-state index in [2.05, 4.69) is 249 Å². The van der Waals surface area contributed by atoms with Crippen molar-refractivity contribution in [3.8, 4) is 22.7 Å². The van der Waals surface area contributed by atoms with E-state index >= 15 is 0 Å².